The Morgan fingerprint density at radius 1 is 1.12 bits per heavy atom. The molecule has 0 unspecified atom stereocenters. The fraction of sp³-hybridized carbons (Fsp3) is 0.150. The standard InChI is InChI=1S/C20H18ClNO4/c1-3-25-17-9-8-13(12-19(17)24-2)22-20(23)18-11-10-16(26-18)14-6-4-5-7-15(14)21/h4-12H,3H2,1-2H3,(H,22,23). The van der Waals surface area contributed by atoms with Gasteiger partial charge in [0, 0.05) is 17.3 Å². The number of halogens is 1. The molecule has 0 spiro atoms. The van der Waals surface area contributed by atoms with Gasteiger partial charge in [-0.2, -0.15) is 0 Å². The first kappa shape index (κ1) is 17.9. The van der Waals surface area contributed by atoms with Crippen molar-refractivity contribution >= 4 is 23.2 Å². The Morgan fingerprint density at radius 3 is 2.65 bits per heavy atom. The van der Waals surface area contributed by atoms with Crippen molar-refractivity contribution in [3.8, 4) is 22.8 Å². The van der Waals surface area contributed by atoms with E-state index in [9.17, 15) is 4.79 Å². The number of anilines is 1. The maximum Gasteiger partial charge on any atom is 0.291 e. The summed E-state index contributed by atoms with van der Waals surface area (Å²) < 4.78 is 16.4. The van der Waals surface area contributed by atoms with E-state index in [0.717, 1.165) is 5.56 Å². The highest BCUT2D eigenvalue weighted by atomic mass is 35.5. The van der Waals surface area contributed by atoms with Gasteiger partial charge < -0.3 is 19.2 Å². The van der Waals surface area contributed by atoms with Crippen LogP contribution in [-0.2, 0) is 0 Å². The minimum absolute atomic E-state index is 0.188. The van der Waals surface area contributed by atoms with Gasteiger partial charge in [0.15, 0.2) is 17.3 Å². The first-order chi connectivity index (χ1) is 12.6. The van der Waals surface area contributed by atoms with E-state index in [1.54, 1.807) is 43.5 Å². The van der Waals surface area contributed by atoms with Crippen LogP contribution in [-0.4, -0.2) is 19.6 Å². The van der Waals surface area contributed by atoms with Crippen LogP contribution in [0.1, 0.15) is 17.5 Å². The van der Waals surface area contributed by atoms with Crippen molar-refractivity contribution in [2.45, 2.75) is 6.92 Å². The molecular weight excluding hydrogens is 354 g/mol. The van der Waals surface area contributed by atoms with Crippen LogP contribution >= 0.6 is 11.6 Å². The van der Waals surface area contributed by atoms with Crippen LogP contribution in [0.15, 0.2) is 59.0 Å². The highest BCUT2D eigenvalue weighted by Crippen LogP contribution is 2.31. The van der Waals surface area contributed by atoms with Gasteiger partial charge in [-0.15, -0.1) is 0 Å². The molecule has 0 bridgehead atoms. The first-order valence-corrected chi connectivity index (χ1v) is 8.47. The third-order valence-electron chi connectivity index (χ3n) is 3.69. The molecule has 0 radical (unpaired) electrons. The number of carbonyl (C=O) groups is 1. The zero-order valence-corrected chi connectivity index (χ0v) is 15.2. The van der Waals surface area contributed by atoms with Gasteiger partial charge in [0.05, 0.1) is 18.7 Å². The normalized spacial score (nSPS) is 10.4. The van der Waals surface area contributed by atoms with Crippen molar-refractivity contribution in [1.82, 2.24) is 0 Å². The molecule has 1 heterocycles. The van der Waals surface area contributed by atoms with Gasteiger partial charge in [0.25, 0.3) is 5.91 Å². The molecular formula is C20H18ClNO4. The first-order valence-electron chi connectivity index (χ1n) is 8.09. The van der Waals surface area contributed by atoms with E-state index in [1.165, 1.54) is 0 Å². The molecule has 1 amide bonds. The van der Waals surface area contributed by atoms with Crippen LogP contribution in [0, 0.1) is 0 Å². The molecule has 1 N–H and O–H groups in total. The van der Waals surface area contributed by atoms with Crippen LogP contribution in [0.4, 0.5) is 5.69 Å². The maximum atomic E-state index is 12.4. The second-order valence-electron chi connectivity index (χ2n) is 5.40. The van der Waals surface area contributed by atoms with E-state index in [2.05, 4.69) is 5.32 Å². The number of benzene rings is 2. The summed E-state index contributed by atoms with van der Waals surface area (Å²) in [6.45, 7) is 2.42. The highest BCUT2D eigenvalue weighted by molar-refractivity contribution is 6.33. The number of amides is 1. The van der Waals surface area contributed by atoms with E-state index in [-0.39, 0.29) is 11.7 Å². The average molecular weight is 372 g/mol. The van der Waals surface area contributed by atoms with Crippen LogP contribution in [0.25, 0.3) is 11.3 Å². The fourth-order valence-electron chi connectivity index (χ4n) is 2.48. The van der Waals surface area contributed by atoms with Crippen LogP contribution in [0.5, 0.6) is 11.5 Å². The van der Waals surface area contributed by atoms with Crippen molar-refractivity contribution in [2.75, 3.05) is 19.0 Å². The number of rotatable bonds is 6. The monoisotopic (exact) mass is 371 g/mol. The van der Waals surface area contributed by atoms with Crippen molar-refractivity contribution in [3.05, 3.63) is 65.4 Å². The van der Waals surface area contributed by atoms with E-state index in [4.69, 9.17) is 25.5 Å². The van der Waals surface area contributed by atoms with Crippen LogP contribution in [0.3, 0.4) is 0 Å². The van der Waals surface area contributed by atoms with Gasteiger partial charge >= 0.3 is 0 Å². The second kappa shape index (κ2) is 7.97. The highest BCUT2D eigenvalue weighted by Gasteiger charge is 2.15. The van der Waals surface area contributed by atoms with E-state index in [1.807, 2.05) is 25.1 Å². The predicted molar refractivity (Wildman–Crippen MR) is 101 cm³/mol. The average Bonchev–Trinajstić information content (AvgIpc) is 3.13. The SMILES string of the molecule is CCOc1ccc(NC(=O)c2ccc(-c3ccccc3Cl)o2)cc1OC. The lowest BCUT2D eigenvalue weighted by Crippen LogP contribution is -2.11. The molecule has 0 aliphatic carbocycles. The van der Waals surface area contributed by atoms with Crippen molar-refractivity contribution in [1.29, 1.82) is 0 Å². The molecule has 0 saturated carbocycles. The number of ether oxygens (including phenoxy) is 2. The van der Waals surface area contributed by atoms with Crippen molar-refractivity contribution in [2.24, 2.45) is 0 Å². The van der Waals surface area contributed by atoms with Gasteiger partial charge in [-0.25, -0.2) is 0 Å². The predicted octanol–water partition coefficient (Wildman–Crippen LogP) is 5.26. The number of furan rings is 1. The third kappa shape index (κ3) is 3.83. The smallest absolute Gasteiger partial charge is 0.291 e. The lowest BCUT2D eigenvalue weighted by molar-refractivity contribution is 0.0997. The summed E-state index contributed by atoms with van der Waals surface area (Å²) in [5, 5.41) is 3.34. The van der Waals surface area contributed by atoms with Crippen LogP contribution in [0.2, 0.25) is 5.02 Å². The number of hydrogen-bond acceptors (Lipinski definition) is 4. The Kier molecular flexibility index (Phi) is 5.49. The Morgan fingerprint density at radius 2 is 1.92 bits per heavy atom. The molecule has 5 nitrogen and oxygen atoms in total. The molecule has 0 aliphatic heterocycles. The molecule has 3 aromatic rings. The molecule has 6 heteroatoms. The Balaban J connectivity index is 1.78. The van der Waals surface area contributed by atoms with E-state index >= 15 is 0 Å². The summed E-state index contributed by atoms with van der Waals surface area (Å²) in [5.74, 6) is 1.51. The molecule has 134 valence electrons. The summed E-state index contributed by atoms with van der Waals surface area (Å²) in [4.78, 5) is 12.4. The van der Waals surface area contributed by atoms with E-state index < -0.39 is 0 Å². The summed E-state index contributed by atoms with van der Waals surface area (Å²) >= 11 is 6.16. The third-order valence-corrected chi connectivity index (χ3v) is 4.02. The second-order valence-corrected chi connectivity index (χ2v) is 5.80. The Labute approximate surface area is 156 Å². The molecule has 26 heavy (non-hydrogen) atoms. The lowest BCUT2D eigenvalue weighted by Gasteiger charge is -2.11. The van der Waals surface area contributed by atoms with Gasteiger partial charge in [-0.3, -0.25) is 4.79 Å². The molecule has 0 saturated heterocycles. The minimum atomic E-state index is -0.366. The number of methoxy groups -OCH3 is 1. The summed E-state index contributed by atoms with van der Waals surface area (Å²) in [6.07, 6.45) is 0. The van der Waals surface area contributed by atoms with Gasteiger partial charge in [-0.1, -0.05) is 23.7 Å². The van der Waals surface area contributed by atoms with Crippen LogP contribution < -0.4 is 14.8 Å². The zero-order valence-electron chi connectivity index (χ0n) is 14.4. The zero-order chi connectivity index (χ0) is 18.5. The molecule has 0 atom stereocenters. The fourth-order valence-corrected chi connectivity index (χ4v) is 2.71. The molecule has 0 aliphatic rings. The minimum Gasteiger partial charge on any atom is -0.493 e. The molecule has 3 rings (SSSR count). The molecule has 2 aromatic carbocycles. The van der Waals surface area contributed by atoms with Crippen molar-refractivity contribution < 1.29 is 18.7 Å². The van der Waals surface area contributed by atoms with Gasteiger partial charge in [0.1, 0.15) is 5.76 Å². The van der Waals surface area contributed by atoms with Gasteiger partial charge in [0.2, 0.25) is 0 Å². The largest absolute Gasteiger partial charge is 0.493 e. The summed E-state index contributed by atoms with van der Waals surface area (Å²) in [7, 11) is 1.55. The molecule has 1 aromatic heterocycles. The lowest BCUT2D eigenvalue weighted by atomic mass is 10.2. The van der Waals surface area contributed by atoms with E-state index in [0.29, 0.717) is 34.6 Å². The summed E-state index contributed by atoms with van der Waals surface area (Å²) in [6, 6.07) is 15.8. The topological polar surface area (TPSA) is 60.7 Å². The van der Waals surface area contributed by atoms with Gasteiger partial charge in [-0.05, 0) is 43.3 Å². The number of nitrogens with one attached hydrogen (secondary N) is 1. The molecule has 0 fully saturated rings. The number of hydrogen-bond donors (Lipinski definition) is 1. The number of carbonyl (C=O) groups excluding carboxylic acids is 1. The Bertz CT molecular complexity index is 920. The summed E-state index contributed by atoms with van der Waals surface area (Å²) in [5.41, 5.74) is 1.31. The van der Waals surface area contributed by atoms with Crippen molar-refractivity contribution in [3.63, 3.8) is 0 Å². The quantitative estimate of drug-likeness (QED) is 0.642. The maximum absolute atomic E-state index is 12.4. The Hall–Kier alpha value is -2.92.